The Balaban J connectivity index is 0.00000169. The van der Waals surface area contributed by atoms with Crippen LogP contribution in [0.5, 0.6) is 0 Å². The van der Waals surface area contributed by atoms with Crippen LogP contribution in [0.15, 0.2) is 59.1 Å². The summed E-state index contributed by atoms with van der Waals surface area (Å²) >= 11 is 3.57. The Kier molecular flexibility index (Phi) is 9.61. The highest BCUT2D eigenvalue weighted by molar-refractivity contribution is 9.10. The summed E-state index contributed by atoms with van der Waals surface area (Å²) in [5, 5.41) is 8.97. The molecular formula is C19H23BrCl2N2O2. The van der Waals surface area contributed by atoms with Gasteiger partial charge in [-0.2, -0.15) is 0 Å². The monoisotopic (exact) mass is 460 g/mol. The molecule has 26 heavy (non-hydrogen) atoms. The topological polar surface area (TPSA) is 43.8 Å². The second kappa shape index (κ2) is 10.9. The number of benzene rings is 2. The Morgan fingerprint density at radius 2 is 1.58 bits per heavy atom. The summed E-state index contributed by atoms with van der Waals surface area (Å²) in [4.78, 5) is 15.3. The van der Waals surface area contributed by atoms with E-state index in [1.165, 1.54) is 11.1 Å². The van der Waals surface area contributed by atoms with Crippen LogP contribution in [0.4, 0.5) is 0 Å². The van der Waals surface area contributed by atoms with E-state index in [-0.39, 0.29) is 37.4 Å². The van der Waals surface area contributed by atoms with Gasteiger partial charge in [-0.05, 0) is 23.3 Å². The number of carbonyl (C=O) groups is 1. The molecule has 142 valence electrons. The minimum atomic E-state index is -0.755. The summed E-state index contributed by atoms with van der Waals surface area (Å²) in [5.74, 6) is -0.755. The standard InChI is InChI=1S/C19H21BrN2O2.2ClH/c20-17-8-4-7-16(13-17)19(15-5-2-1-3-6-15)22-11-9-21(10-12-22)14-18(23)24;;/h1-8,13,19H,9-12,14H2,(H,23,24);2*1H/t19-;;/m1../s1. The number of piperazine rings is 1. The molecule has 1 saturated heterocycles. The van der Waals surface area contributed by atoms with Crippen molar-refractivity contribution >= 4 is 46.7 Å². The van der Waals surface area contributed by atoms with Crippen molar-refractivity contribution in [2.75, 3.05) is 32.7 Å². The number of carboxylic acid groups (broad SMARTS) is 1. The summed E-state index contributed by atoms with van der Waals surface area (Å²) < 4.78 is 1.07. The van der Waals surface area contributed by atoms with Gasteiger partial charge in [-0.25, -0.2) is 0 Å². The van der Waals surface area contributed by atoms with Crippen LogP contribution >= 0.6 is 40.7 Å². The maximum atomic E-state index is 10.9. The van der Waals surface area contributed by atoms with E-state index in [2.05, 4.69) is 63.3 Å². The van der Waals surface area contributed by atoms with E-state index in [0.29, 0.717) is 0 Å². The molecule has 2 aromatic carbocycles. The fourth-order valence-electron chi connectivity index (χ4n) is 3.30. The summed E-state index contributed by atoms with van der Waals surface area (Å²) in [6, 6.07) is 19.1. The largest absolute Gasteiger partial charge is 0.480 e. The minimum Gasteiger partial charge on any atom is -0.480 e. The molecule has 1 atom stereocenters. The summed E-state index contributed by atoms with van der Waals surface area (Å²) in [5.41, 5.74) is 2.52. The molecule has 2 aromatic rings. The Morgan fingerprint density at radius 3 is 2.15 bits per heavy atom. The molecule has 0 amide bonds. The zero-order valence-corrected chi connectivity index (χ0v) is 17.5. The molecule has 1 aliphatic rings. The molecule has 1 fully saturated rings. The second-order valence-electron chi connectivity index (χ2n) is 6.07. The number of nitrogens with zero attached hydrogens (tertiary/aromatic N) is 2. The van der Waals surface area contributed by atoms with Crippen molar-refractivity contribution in [1.29, 1.82) is 0 Å². The van der Waals surface area contributed by atoms with Crippen molar-refractivity contribution in [3.8, 4) is 0 Å². The van der Waals surface area contributed by atoms with Crippen LogP contribution in [0.3, 0.4) is 0 Å². The second-order valence-corrected chi connectivity index (χ2v) is 6.99. The molecule has 1 aliphatic heterocycles. The molecule has 7 heteroatoms. The van der Waals surface area contributed by atoms with Crippen molar-refractivity contribution < 1.29 is 9.90 Å². The number of carboxylic acids is 1. The Hall–Kier alpha value is -1.11. The zero-order chi connectivity index (χ0) is 16.9. The van der Waals surface area contributed by atoms with Gasteiger partial charge in [0.1, 0.15) is 0 Å². The average Bonchev–Trinajstić information content (AvgIpc) is 2.57. The van der Waals surface area contributed by atoms with Crippen LogP contribution in [0.1, 0.15) is 17.2 Å². The molecule has 3 rings (SSSR count). The van der Waals surface area contributed by atoms with Crippen molar-refractivity contribution in [2.24, 2.45) is 0 Å². The number of aliphatic carboxylic acids is 1. The third-order valence-electron chi connectivity index (χ3n) is 4.41. The van der Waals surface area contributed by atoms with Gasteiger partial charge < -0.3 is 5.11 Å². The van der Waals surface area contributed by atoms with Gasteiger partial charge in [-0.3, -0.25) is 14.6 Å². The third-order valence-corrected chi connectivity index (χ3v) is 4.90. The zero-order valence-electron chi connectivity index (χ0n) is 14.3. The van der Waals surface area contributed by atoms with Gasteiger partial charge in [0.2, 0.25) is 0 Å². The number of hydrogen-bond donors (Lipinski definition) is 1. The molecule has 0 bridgehead atoms. The molecule has 4 nitrogen and oxygen atoms in total. The summed E-state index contributed by atoms with van der Waals surface area (Å²) in [7, 11) is 0. The fourth-order valence-corrected chi connectivity index (χ4v) is 3.71. The number of halogens is 3. The van der Waals surface area contributed by atoms with Crippen LogP contribution in [0.25, 0.3) is 0 Å². The lowest BCUT2D eigenvalue weighted by atomic mass is 9.96. The molecule has 1 N–H and O–H groups in total. The van der Waals surface area contributed by atoms with Gasteiger partial charge in [-0.1, -0.05) is 58.4 Å². The van der Waals surface area contributed by atoms with Crippen molar-refractivity contribution in [1.82, 2.24) is 9.80 Å². The SMILES string of the molecule is Cl.Cl.O=C(O)CN1CCN([C@H](c2ccccc2)c2cccc(Br)c2)CC1. The van der Waals surface area contributed by atoms with Crippen LogP contribution < -0.4 is 0 Å². The van der Waals surface area contributed by atoms with Crippen molar-refractivity contribution in [3.05, 3.63) is 70.2 Å². The maximum Gasteiger partial charge on any atom is 0.317 e. The van der Waals surface area contributed by atoms with E-state index in [1.54, 1.807) is 0 Å². The van der Waals surface area contributed by atoms with Crippen LogP contribution in [0.2, 0.25) is 0 Å². The molecule has 0 spiro atoms. The molecule has 0 unspecified atom stereocenters. The van der Waals surface area contributed by atoms with Gasteiger partial charge in [0.15, 0.2) is 0 Å². The third kappa shape index (κ3) is 5.96. The predicted octanol–water partition coefficient (Wildman–Crippen LogP) is 4.08. The van der Waals surface area contributed by atoms with Crippen LogP contribution in [-0.4, -0.2) is 53.6 Å². The molecule has 1 heterocycles. The Bertz CT molecular complexity index is 695. The van der Waals surface area contributed by atoms with Crippen molar-refractivity contribution in [3.63, 3.8) is 0 Å². The highest BCUT2D eigenvalue weighted by Crippen LogP contribution is 2.31. The predicted molar refractivity (Wildman–Crippen MR) is 113 cm³/mol. The Labute approximate surface area is 175 Å². The Morgan fingerprint density at radius 1 is 0.962 bits per heavy atom. The summed E-state index contributed by atoms with van der Waals surface area (Å²) in [6.45, 7) is 3.41. The molecular weight excluding hydrogens is 439 g/mol. The molecule has 0 radical (unpaired) electrons. The smallest absolute Gasteiger partial charge is 0.317 e. The summed E-state index contributed by atoms with van der Waals surface area (Å²) in [6.07, 6.45) is 0. The van der Waals surface area contributed by atoms with E-state index >= 15 is 0 Å². The lowest BCUT2D eigenvalue weighted by Crippen LogP contribution is -2.49. The quantitative estimate of drug-likeness (QED) is 0.728. The van der Waals surface area contributed by atoms with E-state index in [1.807, 2.05) is 17.0 Å². The van der Waals surface area contributed by atoms with Gasteiger partial charge in [0, 0.05) is 30.7 Å². The first-order valence-corrected chi connectivity index (χ1v) is 8.91. The lowest BCUT2D eigenvalue weighted by Gasteiger charge is -2.39. The average molecular weight is 462 g/mol. The van der Waals surface area contributed by atoms with E-state index in [4.69, 9.17) is 5.11 Å². The van der Waals surface area contributed by atoms with E-state index in [0.717, 1.165) is 30.7 Å². The highest BCUT2D eigenvalue weighted by Gasteiger charge is 2.27. The molecule has 0 aromatic heterocycles. The van der Waals surface area contributed by atoms with Gasteiger partial charge in [0.05, 0.1) is 12.6 Å². The highest BCUT2D eigenvalue weighted by atomic mass is 79.9. The lowest BCUT2D eigenvalue weighted by molar-refractivity contribution is -0.138. The van der Waals surface area contributed by atoms with E-state index in [9.17, 15) is 4.79 Å². The number of hydrogen-bond acceptors (Lipinski definition) is 3. The molecule has 0 aliphatic carbocycles. The van der Waals surface area contributed by atoms with Crippen molar-refractivity contribution in [2.45, 2.75) is 6.04 Å². The molecule has 0 saturated carbocycles. The first-order chi connectivity index (χ1) is 11.6. The minimum absolute atomic E-state index is 0. The first kappa shape index (κ1) is 22.9. The fraction of sp³-hybridized carbons (Fsp3) is 0.316. The van der Waals surface area contributed by atoms with Gasteiger partial charge in [0.25, 0.3) is 0 Å². The van der Waals surface area contributed by atoms with Crippen LogP contribution in [-0.2, 0) is 4.79 Å². The van der Waals surface area contributed by atoms with E-state index < -0.39 is 5.97 Å². The van der Waals surface area contributed by atoms with Gasteiger partial charge in [-0.15, -0.1) is 24.8 Å². The number of rotatable bonds is 5. The van der Waals surface area contributed by atoms with Gasteiger partial charge >= 0.3 is 5.97 Å². The van der Waals surface area contributed by atoms with Crippen LogP contribution in [0, 0.1) is 0 Å². The maximum absolute atomic E-state index is 10.9. The first-order valence-electron chi connectivity index (χ1n) is 8.12. The normalized spacial score (nSPS) is 16.2.